The minimum Gasteiger partial charge on any atom is -0.339 e. The molecule has 170 valence electrons. The Morgan fingerprint density at radius 3 is 2.56 bits per heavy atom. The summed E-state index contributed by atoms with van der Waals surface area (Å²) in [6.45, 7) is 4.20. The Hall–Kier alpha value is -3.58. The highest BCUT2D eigenvalue weighted by molar-refractivity contribution is 7.18. The van der Waals surface area contributed by atoms with Gasteiger partial charge >= 0.3 is 0 Å². The van der Waals surface area contributed by atoms with E-state index < -0.39 is 0 Å². The highest BCUT2D eigenvalue weighted by Gasteiger charge is 2.28. The van der Waals surface area contributed by atoms with E-state index in [0.717, 1.165) is 53.7 Å². The molecule has 4 heterocycles. The maximum Gasteiger partial charge on any atom is 0.254 e. The van der Waals surface area contributed by atoms with Crippen LogP contribution in [0.15, 0.2) is 66.9 Å². The molecule has 3 aromatic heterocycles. The molecule has 0 bridgehead atoms. The Morgan fingerprint density at radius 2 is 1.79 bits per heavy atom. The van der Waals surface area contributed by atoms with Crippen molar-refractivity contribution in [2.45, 2.75) is 32.2 Å². The standard InChI is InChI=1S/C27H25N5OS/c1-2-32-25-21(17-28-32)20(16-23(29-25)18-8-4-3-5-9-18)27(33)31-14-12-19(13-15-31)26-30-22-10-6-7-11-24(22)34-26/h3-11,16-17,19H,2,12-15H2,1H3. The van der Waals surface area contributed by atoms with Crippen LogP contribution in [0.2, 0.25) is 0 Å². The number of carbonyl (C=O) groups is 1. The second-order valence-corrected chi connectivity index (χ2v) is 9.77. The van der Waals surface area contributed by atoms with Crippen LogP contribution in [-0.4, -0.2) is 43.6 Å². The lowest BCUT2D eigenvalue weighted by atomic mass is 9.96. The highest BCUT2D eigenvalue weighted by Crippen LogP contribution is 2.35. The second-order valence-electron chi connectivity index (χ2n) is 8.70. The molecule has 34 heavy (non-hydrogen) atoms. The molecule has 2 aromatic carbocycles. The van der Waals surface area contributed by atoms with Crippen LogP contribution in [0, 0.1) is 0 Å². The average Bonchev–Trinajstić information content (AvgIpc) is 3.52. The number of hydrogen-bond acceptors (Lipinski definition) is 5. The number of rotatable bonds is 4. The molecule has 1 amide bonds. The third-order valence-electron chi connectivity index (χ3n) is 6.65. The van der Waals surface area contributed by atoms with Crippen LogP contribution in [0.4, 0.5) is 0 Å². The molecular formula is C27H25N5OS. The molecule has 6 nitrogen and oxygen atoms in total. The van der Waals surface area contributed by atoms with Gasteiger partial charge in [0, 0.05) is 31.1 Å². The SMILES string of the molecule is CCn1ncc2c(C(=O)N3CCC(c4nc5ccccc5s4)CC3)cc(-c3ccccc3)nc21. The van der Waals surface area contributed by atoms with E-state index in [0.29, 0.717) is 18.0 Å². The lowest BCUT2D eigenvalue weighted by Crippen LogP contribution is -2.38. The van der Waals surface area contributed by atoms with Gasteiger partial charge in [0.05, 0.1) is 38.1 Å². The number of thiazole rings is 1. The third kappa shape index (κ3) is 3.66. The van der Waals surface area contributed by atoms with Crippen molar-refractivity contribution in [3.05, 3.63) is 77.4 Å². The molecule has 7 heteroatoms. The number of piperidine rings is 1. The number of carbonyl (C=O) groups excluding carboxylic acids is 1. The van der Waals surface area contributed by atoms with Gasteiger partial charge in [0.25, 0.3) is 5.91 Å². The van der Waals surface area contributed by atoms with E-state index in [1.54, 1.807) is 17.5 Å². The van der Waals surface area contributed by atoms with Gasteiger partial charge in [-0.2, -0.15) is 5.10 Å². The van der Waals surface area contributed by atoms with Crippen LogP contribution in [0.25, 0.3) is 32.5 Å². The maximum absolute atomic E-state index is 13.7. The molecular weight excluding hydrogens is 442 g/mol. The van der Waals surface area contributed by atoms with Crippen LogP contribution >= 0.6 is 11.3 Å². The van der Waals surface area contributed by atoms with Crippen LogP contribution in [0.5, 0.6) is 0 Å². The summed E-state index contributed by atoms with van der Waals surface area (Å²) in [7, 11) is 0. The zero-order valence-electron chi connectivity index (χ0n) is 19.0. The monoisotopic (exact) mass is 467 g/mol. The molecule has 1 fully saturated rings. The summed E-state index contributed by atoms with van der Waals surface area (Å²) in [5, 5.41) is 6.50. The lowest BCUT2D eigenvalue weighted by Gasteiger charge is -2.31. The largest absolute Gasteiger partial charge is 0.339 e. The van der Waals surface area contributed by atoms with Crippen molar-refractivity contribution in [2.75, 3.05) is 13.1 Å². The normalized spacial score (nSPS) is 14.8. The maximum atomic E-state index is 13.7. The Kier molecular flexibility index (Phi) is 5.34. The summed E-state index contributed by atoms with van der Waals surface area (Å²) < 4.78 is 3.09. The van der Waals surface area contributed by atoms with Gasteiger partial charge in [0.2, 0.25) is 0 Å². The molecule has 0 saturated carbocycles. The predicted octanol–water partition coefficient (Wildman–Crippen LogP) is 5.75. The number of benzene rings is 2. The molecule has 6 rings (SSSR count). The quantitative estimate of drug-likeness (QED) is 0.338. The Bertz CT molecular complexity index is 1450. The number of hydrogen-bond donors (Lipinski definition) is 0. The minimum atomic E-state index is 0.0583. The zero-order valence-corrected chi connectivity index (χ0v) is 19.8. The first-order valence-electron chi connectivity index (χ1n) is 11.8. The average molecular weight is 468 g/mol. The molecule has 0 spiro atoms. The number of nitrogens with zero attached hydrogens (tertiary/aromatic N) is 5. The summed E-state index contributed by atoms with van der Waals surface area (Å²) in [4.78, 5) is 25.4. The van der Waals surface area contributed by atoms with Gasteiger partial charge in [-0.3, -0.25) is 4.79 Å². The molecule has 0 N–H and O–H groups in total. The van der Waals surface area contributed by atoms with Crippen molar-refractivity contribution in [3.8, 4) is 11.3 Å². The minimum absolute atomic E-state index is 0.0583. The number of aromatic nitrogens is 4. The summed E-state index contributed by atoms with van der Waals surface area (Å²) >= 11 is 1.78. The van der Waals surface area contributed by atoms with Gasteiger partial charge in [0.15, 0.2) is 5.65 Å². The summed E-state index contributed by atoms with van der Waals surface area (Å²) in [6.07, 6.45) is 3.64. The van der Waals surface area contributed by atoms with E-state index in [4.69, 9.17) is 9.97 Å². The Morgan fingerprint density at radius 1 is 1.03 bits per heavy atom. The van der Waals surface area contributed by atoms with Crippen molar-refractivity contribution in [1.29, 1.82) is 0 Å². The number of pyridine rings is 1. The van der Waals surface area contributed by atoms with Crippen molar-refractivity contribution in [3.63, 3.8) is 0 Å². The smallest absolute Gasteiger partial charge is 0.254 e. The molecule has 0 unspecified atom stereocenters. The lowest BCUT2D eigenvalue weighted by molar-refractivity contribution is 0.0715. The third-order valence-corrected chi connectivity index (χ3v) is 7.85. The van der Waals surface area contributed by atoms with Gasteiger partial charge in [-0.1, -0.05) is 42.5 Å². The van der Waals surface area contributed by atoms with Crippen LogP contribution in [-0.2, 0) is 6.54 Å². The molecule has 5 aromatic rings. The number of aryl methyl sites for hydroxylation is 1. The van der Waals surface area contributed by atoms with E-state index >= 15 is 0 Å². The Balaban J connectivity index is 1.29. The fourth-order valence-corrected chi connectivity index (χ4v) is 5.91. The van der Waals surface area contributed by atoms with E-state index in [1.165, 1.54) is 9.71 Å². The number of amides is 1. The first kappa shape index (κ1) is 21.0. The first-order valence-corrected chi connectivity index (χ1v) is 12.6. The van der Waals surface area contributed by atoms with Crippen molar-refractivity contribution in [1.82, 2.24) is 24.6 Å². The molecule has 1 aliphatic rings. The molecule has 0 atom stereocenters. The molecule has 0 aliphatic carbocycles. The van der Waals surface area contributed by atoms with Gasteiger partial charge in [0.1, 0.15) is 0 Å². The number of fused-ring (bicyclic) bond motifs is 2. The Labute approximate surface area is 201 Å². The predicted molar refractivity (Wildman–Crippen MR) is 136 cm³/mol. The van der Waals surface area contributed by atoms with Gasteiger partial charge in [-0.25, -0.2) is 14.6 Å². The van der Waals surface area contributed by atoms with E-state index in [9.17, 15) is 4.79 Å². The molecule has 0 radical (unpaired) electrons. The summed E-state index contributed by atoms with van der Waals surface area (Å²) in [5.74, 6) is 0.463. The second kappa shape index (κ2) is 8.65. The highest BCUT2D eigenvalue weighted by atomic mass is 32.1. The topological polar surface area (TPSA) is 63.9 Å². The molecule has 1 aliphatic heterocycles. The van der Waals surface area contributed by atoms with E-state index in [2.05, 4.69) is 23.3 Å². The summed E-state index contributed by atoms with van der Waals surface area (Å²) in [5.41, 5.74) is 4.31. The van der Waals surface area contributed by atoms with E-state index in [1.807, 2.05) is 59.0 Å². The van der Waals surface area contributed by atoms with Crippen LogP contribution in [0.3, 0.4) is 0 Å². The fourth-order valence-electron chi connectivity index (χ4n) is 4.78. The summed E-state index contributed by atoms with van der Waals surface area (Å²) in [6, 6.07) is 20.3. The first-order chi connectivity index (χ1) is 16.7. The fraction of sp³-hybridized carbons (Fsp3) is 0.259. The van der Waals surface area contributed by atoms with Crippen LogP contribution in [0.1, 0.15) is 41.0 Å². The van der Waals surface area contributed by atoms with Gasteiger partial charge < -0.3 is 4.90 Å². The zero-order chi connectivity index (χ0) is 23.1. The molecule has 1 saturated heterocycles. The van der Waals surface area contributed by atoms with Crippen LogP contribution < -0.4 is 0 Å². The van der Waals surface area contributed by atoms with E-state index in [-0.39, 0.29) is 5.91 Å². The van der Waals surface area contributed by atoms with Gasteiger partial charge in [-0.15, -0.1) is 11.3 Å². The van der Waals surface area contributed by atoms with Crippen molar-refractivity contribution >= 4 is 38.5 Å². The van der Waals surface area contributed by atoms with Crippen molar-refractivity contribution in [2.24, 2.45) is 0 Å². The number of likely N-dealkylation sites (tertiary alicyclic amines) is 1. The van der Waals surface area contributed by atoms with Gasteiger partial charge in [-0.05, 0) is 38.0 Å². The number of para-hydroxylation sites is 1. The van der Waals surface area contributed by atoms with Crippen molar-refractivity contribution < 1.29 is 4.79 Å².